The summed E-state index contributed by atoms with van der Waals surface area (Å²) in [6.45, 7) is 11.0. The summed E-state index contributed by atoms with van der Waals surface area (Å²) in [6.07, 6.45) is 12.5. The highest BCUT2D eigenvalue weighted by Gasteiger charge is 2.60. The highest BCUT2D eigenvalue weighted by Crippen LogP contribution is 2.67. The molecule has 4 rings (SSSR count). The first-order valence-corrected chi connectivity index (χ1v) is 12.3. The van der Waals surface area contributed by atoms with E-state index in [4.69, 9.17) is 0 Å². The van der Waals surface area contributed by atoms with Crippen LogP contribution in [0.25, 0.3) is 0 Å². The summed E-state index contributed by atoms with van der Waals surface area (Å²) < 4.78 is 0. The van der Waals surface area contributed by atoms with E-state index in [9.17, 15) is 15.0 Å². The summed E-state index contributed by atoms with van der Waals surface area (Å²) in [4.78, 5) is 12.0. The molecule has 0 aromatic carbocycles. The normalized spacial score (nSPS) is 45.7. The SMILES string of the molecule is CC(C)=CC(O)C(O)[C@@H](C)[C@H]1CC[C@H]2[C@@H]3CC[C@H]4CC(=O)C=C[C@]4(C)[C@H]3CC[C@]12C. The van der Waals surface area contributed by atoms with E-state index in [0.29, 0.717) is 29.5 Å². The molecule has 2 N–H and O–H groups in total. The Balaban J connectivity index is 1.55. The van der Waals surface area contributed by atoms with Gasteiger partial charge in [-0.2, -0.15) is 0 Å². The van der Waals surface area contributed by atoms with Crippen LogP contribution >= 0.6 is 0 Å². The topological polar surface area (TPSA) is 57.5 Å². The van der Waals surface area contributed by atoms with Crippen molar-refractivity contribution >= 4 is 5.78 Å². The smallest absolute Gasteiger partial charge is 0.155 e. The number of hydrogen-bond donors (Lipinski definition) is 2. The lowest BCUT2D eigenvalue weighted by atomic mass is 9.45. The number of aliphatic hydroxyl groups is 2. The first kappa shape index (κ1) is 22.3. The second kappa shape index (κ2) is 7.89. The molecule has 0 aromatic rings. The average Bonchev–Trinajstić information content (AvgIpc) is 3.04. The van der Waals surface area contributed by atoms with Crippen molar-refractivity contribution in [2.45, 2.75) is 91.8 Å². The first-order valence-electron chi connectivity index (χ1n) is 12.3. The van der Waals surface area contributed by atoms with Gasteiger partial charge in [-0.15, -0.1) is 0 Å². The molecule has 10 atom stereocenters. The van der Waals surface area contributed by atoms with Gasteiger partial charge < -0.3 is 10.2 Å². The van der Waals surface area contributed by atoms with Crippen molar-refractivity contribution in [3.63, 3.8) is 0 Å². The lowest BCUT2D eigenvalue weighted by Gasteiger charge is -2.59. The number of hydrogen-bond acceptors (Lipinski definition) is 3. The van der Waals surface area contributed by atoms with Crippen LogP contribution in [0.3, 0.4) is 0 Å². The van der Waals surface area contributed by atoms with Gasteiger partial charge in [0.25, 0.3) is 0 Å². The summed E-state index contributed by atoms with van der Waals surface area (Å²) in [6, 6.07) is 0. The molecular weight excluding hydrogens is 372 g/mol. The third-order valence-electron chi connectivity index (χ3n) is 10.1. The molecule has 0 radical (unpaired) electrons. The van der Waals surface area contributed by atoms with Gasteiger partial charge in [-0.3, -0.25) is 4.79 Å². The number of fused-ring (bicyclic) bond motifs is 5. The van der Waals surface area contributed by atoms with E-state index in [1.165, 1.54) is 38.5 Å². The zero-order valence-corrected chi connectivity index (χ0v) is 19.6. The molecular formula is C27H42O3. The predicted molar refractivity (Wildman–Crippen MR) is 121 cm³/mol. The Bertz CT molecular complexity index is 734. The van der Waals surface area contributed by atoms with Gasteiger partial charge in [0.15, 0.2) is 5.78 Å². The van der Waals surface area contributed by atoms with Gasteiger partial charge in [0.2, 0.25) is 0 Å². The second-order valence-corrected chi connectivity index (χ2v) is 11.8. The maximum atomic E-state index is 12.0. The maximum absolute atomic E-state index is 12.0. The monoisotopic (exact) mass is 414 g/mol. The van der Waals surface area contributed by atoms with Crippen molar-refractivity contribution in [3.8, 4) is 0 Å². The Labute approximate surface area is 183 Å². The van der Waals surface area contributed by atoms with E-state index in [2.05, 4.69) is 26.8 Å². The molecule has 3 saturated carbocycles. The molecule has 3 fully saturated rings. The van der Waals surface area contributed by atoms with E-state index in [1.54, 1.807) is 6.08 Å². The van der Waals surface area contributed by atoms with E-state index >= 15 is 0 Å². The molecule has 0 aromatic heterocycles. The fourth-order valence-corrected chi connectivity index (χ4v) is 8.53. The highest BCUT2D eigenvalue weighted by molar-refractivity contribution is 5.91. The number of ketones is 1. The summed E-state index contributed by atoms with van der Waals surface area (Å²) in [7, 11) is 0. The fourth-order valence-electron chi connectivity index (χ4n) is 8.53. The lowest BCUT2D eigenvalue weighted by Crippen LogP contribution is -2.53. The third kappa shape index (κ3) is 3.45. The molecule has 3 heteroatoms. The van der Waals surface area contributed by atoms with Gasteiger partial charge >= 0.3 is 0 Å². The molecule has 0 spiro atoms. The van der Waals surface area contributed by atoms with Crippen LogP contribution in [0.5, 0.6) is 0 Å². The van der Waals surface area contributed by atoms with Crippen molar-refractivity contribution < 1.29 is 15.0 Å². The third-order valence-corrected chi connectivity index (χ3v) is 10.1. The molecule has 0 saturated heterocycles. The Morgan fingerprint density at radius 1 is 1.10 bits per heavy atom. The molecule has 0 bridgehead atoms. The first-order chi connectivity index (χ1) is 14.1. The molecule has 30 heavy (non-hydrogen) atoms. The van der Waals surface area contributed by atoms with Gasteiger partial charge in [0.05, 0.1) is 12.2 Å². The Hall–Kier alpha value is -0.930. The van der Waals surface area contributed by atoms with Crippen LogP contribution < -0.4 is 0 Å². The highest BCUT2D eigenvalue weighted by atomic mass is 16.3. The number of rotatable bonds is 4. The summed E-state index contributed by atoms with van der Waals surface area (Å²) in [5.74, 6) is 3.54. The quantitative estimate of drug-likeness (QED) is 0.613. The maximum Gasteiger partial charge on any atom is 0.155 e. The zero-order chi connectivity index (χ0) is 21.8. The van der Waals surface area contributed by atoms with Crippen LogP contribution in [-0.2, 0) is 4.79 Å². The summed E-state index contributed by atoms with van der Waals surface area (Å²) in [5.41, 5.74) is 1.48. The minimum absolute atomic E-state index is 0.0984. The molecule has 0 aliphatic heterocycles. The van der Waals surface area contributed by atoms with Crippen molar-refractivity contribution in [2.75, 3.05) is 0 Å². The molecule has 0 heterocycles. The summed E-state index contributed by atoms with van der Waals surface area (Å²) >= 11 is 0. The Morgan fingerprint density at radius 2 is 1.83 bits per heavy atom. The van der Waals surface area contributed by atoms with Gasteiger partial charge in [0, 0.05) is 6.42 Å². The van der Waals surface area contributed by atoms with Crippen LogP contribution in [-0.4, -0.2) is 28.2 Å². The van der Waals surface area contributed by atoms with Crippen LogP contribution in [0, 0.1) is 46.3 Å². The van der Waals surface area contributed by atoms with Gasteiger partial charge in [-0.1, -0.05) is 38.5 Å². The van der Waals surface area contributed by atoms with Crippen LogP contribution in [0.4, 0.5) is 0 Å². The van der Waals surface area contributed by atoms with Crippen LogP contribution in [0.1, 0.15) is 79.6 Å². The van der Waals surface area contributed by atoms with Gasteiger partial charge in [-0.05, 0) is 105 Å². The standard InChI is InChI=1S/C27H42O3/c1-16(2)14-24(29)25(30)17(3)21-8-9-22-20-7-6-18-15-19(28)10-12-26(18,4)23(20)11-13-27(21,22)5/h10,12,14,17-18,20-25,29-30H,6-9,11,13,15H2,1-5H3/t17-,18-,20-,21+,22-,23-,24?,25?,26-,27+/m0/s1. The van der Waals surface area contributed by atoms with Crippen LogP contribution in [0.15, 0.2) is 23.8 Å². The largest absolute Gasteiger partial charge is 0.390 e. The average molecular weight is 415 g/mol. The molecule has 2 unspecified atom stereocenters. The van der Waals surface area contributed by atoms with Gasteiger partial charge in [-0.25, -0.2) is 0 Å². The van der Waals surface area contributed by atoms with Crippen molar-refractivity contribution in [2.24, 2.45) is 46.3 Å². The van der Waals surface area contributed by atoms with E-state index in [0.717, 1.165) is 17.9 Å². The number of aliphatic hydroxyl groups excluding tert-OH is 2. The Kier molecular flexibility index (Phi) is 5.85. The fraction of sp³-hybridized carbons (Fsp3) is 0.815. The van der Waals surface area contributed by atoms with E-state index in [-0.39, 0.29) is 16.7 Å². The molecule has 3 nitrogen and oxygen atoms in total. The molecule has 0 amide bonds. The van der Waals surface area contributed by atoms with E-state index < -0.39 is 12.2 Å². The van der Waals surface area contributed by atoms with Crippen molar-refractivity contribution in [1.82, 2.24) is 0 Å². The lowest BCUT2D eigenvalue weighted by molar-refractivity contribution is -0.124. The van der Waals surface area contributed by atoms with Crippen LogP contribution in [0.2, 0.25) is 0 Å². The zero-order valence-electron chi connectivity index (χ0n) is 19.6. The van der Waals surface area contributed by atoms with Gasteiger partial charge in [0.1, 0.15) is 0 Å². The second-order valence-electron chi connectivity index (χ2n) is 11.8. The molecule has 4 aliphatic rings. The minimum Gasteiger partial charge on any atom is -0.390 e. The van der Waals surface area contributed by atoms with Crippen molar-refractivity contribution in [1.29, 1.82) is 0 Å². The predicted octanol–water partition coefficient (Wildman–Crippen LogP) is 5.31. The Morgan fingerprint density at radius 3 is 2.53 bits per heavy atom. The molecule has 4 aliphatic carbocycles. The number of carbonyl (C=O) groups is 1. The number of allylic oxidation sites excluding steroid dienone is 3. The van der Waals surface area contributed by atoms with Crippen molar-refractivity contribution in [3.05, 3.63) is 23.8 Å². The van der Waals surface area contributed by atoms with E-state index in [1.807, 2.05) is 19.9 Å². The minimum atomic E-state index is -0.775. The summed E-state index contributed by atoms with van der Waals surface area (Å²) in [5, 5.41) is 21.4. The molecule has 168 valence electrons. The number of carbonyl (C=O) groups excluding carboxylic acids is 1.